The van der Waals surface area contributed by atoms with Crippen LogP contribution in [-0.4, -0.2) is 41.6 Å². The number of hydrogen-bond acceptors (Lipinski definition) is 4. The van der Waals surface area contributed by atoms with E-state index in [9.17, 15) is 0 Å². The first-order chi connectivity index (χ1) is 8.76. The van der Waals surface area contributed by atoms with Crippen LogP contribution in [0, 0.1) is 0 Å². The van der Waals surface area contributed by atoms with Gasteiger partial charge in [0, 0.05) is 16.0 Å². The van der Waals surface area contributed by atoms with Gasteiger partial charge in [0.1, 0.15) is 6.54 Å². The lowest BCUT2D eigenvalue weighted by Gasteiger charge is -2.35. The Morgan fingerprint density at radius 2 is 1.35 bits per heavy atom. The number of quaternary nitrogens is 1. The van der Waals surface area contributed by atoms with Gasteiger partial charge in [0.05, 0.1) is 19.6 Å². The molecule has 0 heterocycles. The first kappa shape index (κ1) is 21.6. The molecule has 0 saturated carbocycles. The number of benzene rings is 1. The fourth-order valence-corrected chi connectivity index (χ4v) is 1.98. The maximum Gasteiger partial charge on any atom is 1.00 e. The third-order valence-electron chi connectivity index (χ3n) is 3.37. The maximum atomic E-state index is 8.52. The predicted octanol–water partition coefficient (Wildman–Crippen LogP) is 2.26. The van der Waals surface area contributed by atoms with Crippen LogP contribution in [0.25, 0.3) is 0 Å². The van der Waals surface area contributed by atoms with E-state index >= 15 is 0 Å². The minimum Gasteiger partial charge on any atom is -0.759 e. The molecular weight excluding hydrogens is 302 g/mol. The largest absolute Gasteiger partial charge is 1.00 e. The molecule has 0 bridgehead atoms. The minimum atomic E-state index is -5.17. The summed E-state index contributed by atoms with van der Waals surface area (Å²) in [7, 11) is -5.17. The molecule has 0 fully saturated rings. The van der Waals surface area contributed by atoms with Crippen molar-refractivity contribution in [1.29, 1.82) is 0 Å². The van der Waals surface area contributed by atoms with Crippen molar-refractivity contribution >= 4 is 22.8 Å². The van der Waals surface area contributed by atoms with Gasteiger partial charge in [-0.2, -0.15) is 0 Å². The van der Waals surface area contributed by atoms with Gasteiger partial charge in [0.25, 0.3) is 0 Å². The molecule has 0 aliphatic rings. The molecule has 20 heavy (non-hydrogen) atoms. The summed E-state index contributed by atoms with van der Waals surface area (Å²) in [6, 6.07) is 10.8. The molecule has 0 saturated heterocycles. The Morgan fingerprint density at radius 1 is 1.00 bits per heavy atom. The summed E-state index contributed by atoms with van der Waals surface area (Å²) >= 11 is 0. The monoisotopic (exact) mass is 325 g/mol. The Bertz CT molecular complexity index is 436. The van der Waals surface area contributed by atoms with Crippen LogP contribution in [0.5, 0.6) is 0 Å². The van der Waals surface area contributed by atoms with Gasteiger partial charge in [-0.1, -0.05) is 30.3 Å². The van der Waals surface area contributed by atoms with Crippen molar-refractivity contribution in [3.8, 4) is 0 Å². The van der Waals surface area contributed by atoms with Crippen LogP contribution in [0.4, 0.5) is 0 Å². The summed E-state index contributed by atoms with van der Waals surface area (Å²) in [5.41, 5.74) is 1.46. The number of hydrogen-bond donors (Lipinski definition) is 0. The molecule has 0 spiro atoms. The van der Waals surface area contributed by atoms with Gasteiger partial charge >= 0.3 is 1.43 Å². The third kappa shape index (κ3) is 10.2. The smallest absolute Gasteiger partial charge is 0.759 e. The van der Waals surface area contributed by atoms with Crippen molar-refractivity contribution in [3.63, 3.8) is 0 Å². The van der Waals surface area contributed by atoms with E-state index in [2.05, 4.69) is 51.1 Å². The highest BCUT2D eigenvalue weighted by molar-refractivity contribution is 7.79. The average Bonchev–Trinajstić information content (AvgIpc) is 2.35. The molecule has 7 heteroatoms. The van der Waals surface area contributed by atoms with Crippen molar-refractivity contribution in [2.45, 2.75) is 27.3 Å². The molecule has 0 atom stereocenters. The molecule has 1 aromatic carbocycles. The highest BCUT2D eigenvalue weighted by Gasteiger charge is 2.20. The van der Waals surface area contributed by atoms with Gasteiger partial charge in [-0.25, -0.2) is 0 Å². The van der Waals surface area contributed by atoms with Gasteiger partial charge in [0.15, 0.2) is 0 Å². The quantitative estimate of drug-likeness (QED) is 0.472. The van der Waals surface area contributed by atoms with Crippen LogP contribution in [0.3, 0.4) is 0 Å². The van der Waals surface area contributed by atoms with Gasteiger partial charge in [0.2, 0.25) is 0 Å². The topological polar surface area (TPSA) is 80.3 Å². The standard InChI is InChI=1S/C13H22N.ClH.H2O4S/c1-4-14(5-2,6-3)12-13-10-8-7-9-11-13;;1-5(2,3)4/h7-11H,4-6,12H2,1-3H3;1H;(H2,1,2,3,4)/q+1;;/p-1. The Balaban J connectivity index is -0.000000405. The van der Waals surface area contributed by atoms with Gasteiger partial charge < -0.3 is 13.6 Å². The zero-order chi connectivity index (χ0) is 14.9. The minimum absolute atomic E-state index is 0. The lowest BCUT2D eigenvalue weighted by molar-refractivity contribution is -0.936. The van der Waals surface area contributed by atoms with Crippen molar-refractivity contribution in [1.82, 2.24) is 0 Å². The molecule has 1 rings (SSSR count). The highest BCUT2D eigenvalue weighted by Crippen LogP contribution is 2.13. The molecule has 0 N–H and O–H groups in total. The highest BCUT2D eigenvalue weighted by atomic mass is 35.5. The molecule has 0 radical (unpaired) electrons. The lowest BCUT2D eigenvalue weighted by Crippen LogP contribution is -2.46. The van der Waals surface area contributed by atoms with E-state index in [1.54, 1.807) is 0 Å². The van der Waals surface area contributed by atoms with Crippen molar-refractivity contribution in [2.75, 3.05) is 19.6 Å². The zero-order valence-corrected chi connectivity index (χ0v) is 13.7. The molecule has 118 valence electrons. The van der Waals surface area contributed by atoms with Crippen molar-refractivity contribution in [3.05, 3.63) is 35.9 Å². The average molecular weight is 326 g/mol. The molecule has 1 aromatic rings. The van der Waals surface area contributed by atoms with Gasteiger partial charge in [-0.3, -0.25) is 8.42 Å². The lowest BCUT2D eigenvalue weighted by atomic mass is 10.2. The zero-order valence-electron chi connectivity index (χ0n) is 13.1. The van der Waals surface area contributed by atoms with Crippen LogP contribution in [0.15, 0.2) is 30.3 Å². The summed E-state index contributed by atoms with van der Waals surface area (Å²) in [6.07, 6.45) is 0. The molecule has 0 aromatic heterocycles. The first-order valence-electron chi connectivity index (χ1n) is 6.32. The Hall–Kier alpha value is -0.660. The van der Waals surface area contributed by atoms with E-state index < -0.39 is 10.4 Å². The van der Waals surface area contributed by atoms with Crippen molar-refractivity contribution < 1.29 is 23.4 Å². The van der Waals surface area contributed by atoms with E-state index in [0.717, 1.165) is 0 Å². The third-order valence-corrected chi connectivity index (χ3v) is 3.37. The molecule has 0 aliphatic heterocycles. The van der Waals surface area contributed by atoms with E-state index in [1.165, 1.54) is 36.2 Å². The summed E-state index contributed by atoms with van der Waals surface area (Å²) < 4.78 is 35.3. The molecule has 0 aliphatic carbocycles. The summed E-state index contributed by atoms with van der Waals surface area (Å²) in [6.45, 7) is 11.7. The normalized spacial score (nSPS) is 11.1. The maximum absolute atomic E-state index is 8.52. The second-order valence-corrected chi connectivity index (χ2v) is 5.16. The number of nitrogens with zero attached hydrogens (tertiary/aromatic N) is 1. The van der Waals surface area contributed by atoms with Crippen LogP contribution in [0.2, 0.25) is 0 Å². The van der Waals surface area contributed by atoms with Crippen LogP contribution >= 0.6 is 12.4 Å². The predicted molar refractivity (Wildman–Crippen MR) is 80.9 cm³/mol. The molecular formula is C13H24ClNO4S. The van der Waals surface area contributed by atoms with E-state index in [-0.39, 0.29) is 13.8 Å². The molecule has 0 amide bonds. The Labute approximate surface area is 129 Å². The first-order valence-corrected chi connectivity index (χ1v) is 7.65. The SMILES string of the molecule is CC[N+](CC)(CC)Cc1ccccc1.Cl.O=S(=O)([O-])[O-].[H+]. The van der Waals surface area contributed by atoms with Crippen LogP contribution < -0.4 is 0 Å². The van der Waals surface area contributed by atoms with Crippen LogP contribution in [-0.2, 0) is 16.9 Å². The van der Waals surface area contributed by atoms with Gasteiger partial charge in [-0.15, -0.1) is 12.4 Å². The fraction of sp³-hybridized carbons (Fsp3) is 0.538. The summed E-state index contributed by atoms with van der Waals surface area (Å²) in [5.74, 6) is 0. The number of halogens is 1. The summed E-state index contributed by atoms with van der Waals surface area (Å²) in [5, 5.41) is 0. The summed E-state index contributed by atoms with van der Waals surface area (Å²) in [4.78, 5) is 0. The molecule has 5 nitrogen and oxygen atoms in total. The van der Waals surface area contributed by atoms with Crippen LogP contribution in [0.1, 0.15) is 27.8 Å². The second kappa shape index (κ2) is 10.1. The van der Waals surface area contributed by atoms with E-state index in [0.29, 0.717) is 0 Å². The Kier molecular flexibility index (Phi) is 11.0. The van der Waals surface area contributed by atoms with Gasteiger partial charge in [-0.05, 0) is 20.8 Å². The Morgan fingerprint density at radius 3 is 1.65 bits per heavy atom. The van der Waals surface area contributed by atoms with E-state index in [4.69, 9.17) is 17.5 Å². The second-order valence-electron chi connectivity index (χ2n) is 4.34. The van der Waals surface area contributed by atoms with E-state index in [1.807, 2.05) is 0 Å². The van der Waals surface area contributed by atoms with Crippen molar-refractivity contribution in [2.24, 2.45) is 0 Å². The fourth-order valence-electron chi connectivity index (χ4n) is 1.98. The number of rotatable bonds is 5. The molecule has 0 unspecified atom stereocenters.